The third kappa shape index (κ3) is 5.61. The highest BCUT2D eigenvalue weighted by molar-refractivity contribution is 7.92. The molecule has 4 rings (SSSR count). The molecular formula is C27H25ClF2N2O5S. The summed E-state index contributed by atoms with van der Waals surface area (Å²) in [6.07, 6.45) is 0.989. The van der Waals surface area contributed by atoms with Crippen LogP contribution < -0.4 is 19.1 Å². The molecule has 0 fully saturated rings. The van der Waals surface area contributed by atoms with Crippen LogP contribution in [-0.2, 0) is 14.8 Å². The van der Waals surface area contributed by atoms with Gasteiger partial charge in [0.05, 0.1) is 35.8 Å². The van der Waals surface area contributed by atoms with Crippen LogP contribution in [0.4, 0.5) is 14.5 Å². The fourth-order valence-electron chi connectivity index (χ4n) is 4.13. The van der Waals surface area contributed by atoms with Crippen molar-refractivity contribution in [2.24, 2.45) is 0 Å². The van der Waals surface area contributed by atoms with Gasteiger partial charge >= 0.3 is 0 Å². The van der Waals surface area contributed by atoms with E-state index in [1.807, 2.05) is 0 Å². The first kappa shape index (κ1) is 27.4. The topological polar surface area (TPSA) is 84.9 Å². The third-order valence-electron chi connectivity index (χ3n) is 5.94. The van der Waals surface area contributed by atoms with Crippen molar-refractivity contribution in [2.75, 3.05) is 24.5 Å². The zero-order valence-electron chi connectivity index (χ0n) is 20.8. The highest BCUT2D eigenvalue weighted by Crippen LogP contribution is 2.39. The van der Waals surface area contributed by atoms with Crippen molar-refractivity contribution in [1.82, 2.24) is 5.32 Å². The van der Waals surface area contributed by atoms with Gasteiger partial charge in [-0.05, 0) is 54.5 Å². The molecular weight excluding hydrogens is 538 g/mol. The monoisotopic (exact) mass is 562 g/mol. The number of anilines is 1. The van der Waals surface area contributed by atoms with Crippen molar-refractivity contribution >= 4 is 44.9 Å². The molecule has 7 nitrogen and oxygen atoms in total. The molecule has 0 saturated carbocycles. The van der Waals surface area contributed by atoms with Crippen LogP contribution in [0, 0.1) is 11.6 Å². The fraction of sp³-hybridized carbons (Fsp3) is 0.222. The molecule has 0 radical (unpaired) electrons. The Labute approximate surface area is 224 Å². The number of ether oxygens (including phenoxy) is 2. The lowest BCUT2D eigenvalue weighted by atomic mass is 10.0. The van der Waals surface area contributed by atoms with Crippen molar-refractivity contribution in [3.05, 3.63) is 82.4 Å². The lowest BCUT2D eigenvalue weighted by Gasteiger charge is -2.35. The number of nitrogens with one attached hydrogen (secondary N) is 1. The SMILES string of the molecule is COc1cc(S(=O)(=O)N2C[C@H](CNC(C)=O)Oc3ccc(C=C(C)c4c(F)cccc4Cl)cc32)ccc1F. The van der Waals surface area contributed by atoms with Gasteiger partial charge in [-0.25, -0.2) is 17.2 Å². The number of methoxy groups -OCH3 is 1. The number of rotatable bonds is 7. The van der Waals surface area contributed by atoms with Gasteiger partial charge in [0.2, 0.25) is 5.91 Å². The summed E-state index contributed by atoms with van der Waals surface area (Å²) >= 11 is 6.21. The van der Waals surface area contributed by atoms with Crippen LogP contribution >= 0.6 is 11.6 Å². The standard InChI is InChI=1S/C27H25ClF2N2O5S/c1-16(27-21(28)5-4-6-23(27)30)11-18-7-10-25-24(12-18)32(15-19(37-25)14-31-17(2)33)38(34,35)20-8-9-22(29)26(13-20)36-3/h4-13,19H,14-15H2,1-3H3,(H,31,33)/t19-/m0/s1. The van der Waals surface area contributed by atoms with Crippen LogP contribution in [0.25, 0.3) is 11.6 Å². The maximum absolute atomic E-state index is 14.4. The minimum Gasteiger partial charge on any atom is -0.494 e. The number of hydrogen-bond donors (Lipinski definition) is 1. The number of nitrogens with zero attached hydrogens (tertiary/aromatic N) is 1. The normalized spacial score (nSPS) is 15.5. The maximum Gasteiger partial charge on any atom is 0.264 e. The second-order valence-electron chi connectivity index (χ2n) is 8.66. The van der Waals surface area contributed by atoms with Crippen molar-refractivity contribution in [1.29, 1.82) is 0 Å². The molecule has 1 amide bonds. The molecule has 0 bridgehead atoms. The fourth-order valence-corrected chi connectivity index (χ4v) is 5.96. The number of carbonyl (C=O) groups excluding carboxylic acids is 1. The van der Waals surface area contributed by atoms with Crippen molar-refractivity contribution in [2.45, 2.75) is 24.8 Å². The Bertz CT molecular complexity index is 1510. The second kappa shape index (κ2) is 11.0. The smallest absolute Gasteiger partial charge is 0.264 e. The predicted octanol–water partition coefficient (Wildman–Crippen LogP) is 5.28. The summed E-state index contributed by atoms with van der Waals surface area (Å²) in [7, 11) is -2.97. The van der Waals surface area contributed by atoms with Crippen molar-refractivity contribution in [3.8, 4) is 11.5 Å². The molecule has 1 aliphatic heterocycles. The van der Waals surface area contributed by atoms with Crippen molar-refractivity contribution in [3.63, 3.8) is 0 Å². The lowest BCUT2D eigenvalue weighted by Crippen LogP contribution is -2.48. The number of fused-ring (bicyclic) bond motifs is 1. The molecule has 200 valence electrons. The summed E-state index contributed by atoms with van der Waals surface area (Å²) < 4.78 is 68.1. The Balaban J connectivity index is 1.80. The molecule has 1 heterocycles. The summed E-state index contributed by atoms with van der Waals surface area (Å²) in [6, 6.07) is 12.6. The Morgan fingerprint density at radius 2 is 1.92 bits per heavy atom. The molecule has 0 aliphatic carbocycles. The van der Waals surface area contributed by atoms with Crippen LogP contribution in [0.5, 0.6) is 11.5 Å². The summed E-state index contributed by atoms with van der Waals surface area (Å²) in [6.45, 7) is 2.99. The van der Waals surface area contributed by atoms with Crippen LogP contribution in [0.2, 0.25) is 5.02 Å². The number of carbonyl (C=O) groups is 1. The van der Waals surface area contributed by atoms with Gasteiger partial charge in [-0.15, -0.1) is 0 Å². The van der Waals surface area contributed by atoms with E-state index in [9.17, 15) is 22.0 Å². The summed E-state index contributed by atoms with van der Waals surface area (Å²) in [5.41, 5.74) is 1.57. The summed E-state index contributed by atoms with van der Waals surface area (Å²) in [5, 5.41) is 2.88. The van der Waals surface area contributed by atoms with Crippen LogP contribution in [0.15, 0.2) is 59.5 Å². The zero-order chi connectivity index (χ0) is 27.6. The van der Waals surface area contributed by atoms with E-state index in [4.69, 9.17) is 21.1 Å². The molecule has 3 aromatic rings. The van der Waals surface area contributed by atoms with Gasteiger partial charge in [0, 0.05) is 18.6 Å². The summed E-state index contributed by atoms with van der Waals surface area (Å²) in [5.74, 6) is -1.43. The highest BCUT2D eigenvalue weighted by Gasteiger charge is 2.35. The van der Waals surface area contributed by atoms with Gasteiger partial charge in [-0.3, -0.25) is 9.10 Å². The van der Waals surface area contributed by atoms with Crippen molar-refractivity contribution < 1.29 is 31.5 Å². The van der Waals surface area contributed by atoms with E-state index in [1.54, 1.807) is 37.3 Å². The largest absolute Gasteiger partial charge is 0.494 e. The summed E-state index contributed by atoms with van der Waals surface area (Å²) in [4.78, 5) is 11.3. The van der Waals surface area contributed by atoms with Gasteiger partial charge in [0.25, 0.3) is 10.0 Å². The average Bonchev–Trinajstić information content (AvgIpc) is 2.87. The molecule has 0 saturated heterocycles. The minimum atomic E-state index is -4.21. The Morgan fingerprint density at radius 3 is 2.61 bits per heavy atom. The van der Waals surface area contributed by atoms with Gasteiger partial charge in [-0.1, -0.05) is 29.8 Å². The molecule has 1 atom stereocenters. The van der Waals surface area contributed by atoms with Crippen LogP contribution in [0.3, 0.4) is 0 Å². The van der Waals surface area contributed by atoms with Gasteiger partial charge < -0.3 is 14.8 Å². The number of allylic oxidation sites excluding steroid dienone is 1. The molecule has 0 aromatic heterocycles. The molecule has 38 heavy (non-hydrogen) atoms. The third-order valence-corrected chi connectivity index (χ3v) is 8.03. The lowest BCUT2D eigenvalue weighted by molar-refractivity contribution is -0.119. The molecule has 1 aliphatic rings. The number of benzene rings is 3. The van der Waals surface area contributed by atoms with Crippen LogP contribution in [0.1, 0.15) is 25.0 Å². The van der Waals surface area contributed by atoms with E-state index in [-0.39, 0.29) is 51.7 Å². The van der Waals surface area contributed by atoms with Gasteiger partial charge in [0.1, 0.15) is 17.7 Å². The quantitative estimate of drug-likeness (QED) is 0.396. The molecule has 1 N–H and O–H groups in total. The van der Waals surface area contributed by atoms with E-state index >= 15 is 0 Å². The predicted molar refractivity (Wildman–Crippen MR) is 142 cm³/mol. The maximum atomic E-state index is 14.4. The number of amides is 1. The number of sulfonamides is 1. The Hall–Kier alpha value is -3.63. The Morgan fingerprint density at radius 1 is 1.16 bits per heavy atom. The average molecular weight is 563 g/mol. The Kier molecular flexibility index (Phi) is 7.94. The molecule has 3 aromatic carbocycles. The van der Waals surface area contributed by atoms with E-state index in [0.29, 0.717) is 11.1 Å². The molecule has 0 spiro atoms. The van der Waals surface area contributed by atoms with E-state index in [2.05, 4.69) is 5.32 Å². The molecule has 0 unspecified atom stereocenters. The van der Waals surface area contributed by atoms with E-state index < -0.39 is 27.8 Å². The first-order valence-corrected chi connectivity index (χ1v) is 13.4. The van der Waals surface area contributed by atoms with Crippen LogP contribution in [-0.4, -0.2) is 40.6 Å². The van der Waals surface area contributed by atoms with E-state index in [1.165, 1.54) is 26.2 Å². The highest BCUT2D eigenvalue weighted by atomic mass is 35.5. The van der Waals surface area contributed by atoms with Gasteiger partial charge in [0.15, 0.2) is 11.6 Å². The van der Waals surface area contributed by atoms with Gasteiger partial charge in [-0.2, -0.15) is 0 Å². The zero-order valence-corrected chi connectivity index (χ0v) is 22.4. The first-order valence-electron chi connectivity index (χ1n) is 11.6. The number of halogens is 3. The van der Waals surface area contributed by atoms with E-state index in [0.717, 1.165) is 22.5 Å². The second-order valence-corrected chi connectivity index (χ2v) is 10.9. The molecule has 11 heteroatoms. The minimum absolute atomic E-state index is 0.0695. The first-order chi connectivity index (χ1) is 18.0. The number of hydrogen-bond acceptors (Lipinski definition) is 5.